The lowest BCUT2D eigenvalue weighted by molar-refractivity contribution is -0.0648. The molecule has 4 aromatic rings. The van der Waals surface area contributed by atoms with Crippen LogP contribution >= 0.6 is 0 Å². The number of nitrogens with one attached hydrogen (secondary N) is 1. The highest BCUT2D eigenvalue weighted by molar-refractivity contribution is 6.03. The summed E-state index contributed by atoms with van der Waals surface area (Å²) < 4.78 is 34.2. The van der Waals surface area contributed by atoms with Crippen LogP contribution in [0.15, 0.2) is 108 Å². The third-order valence-corrected chi connectivity index (χ3v) is 6.67. The van der Waals surface area contributed by atoms with Gasteiger partial charge in [-0.3, -0.25) is 9.36 Å². The maximum atomic E-state index is 16.5. The van der Waals surface area contributed by atoms with Gasteiger partial charge in [-0.05, 0) is 49.4 Å². The lowest BCUT2D eigenvalue weighted by Gasteiger charge is -2.27. The minimum absolute atomic E-state index is 0.0518. The molecule has 1 aliphatic heterocycles. The highest BCUT2D eigenvalue weighted by Crippen LogP contribution is 2.43. The zero-order chi connectivity index (χ0) is 29.7. The second-order valence-corrected chi connectivity index (χ2v) is 9.66. The van der Waals surface area contributed by atoms with Crippen LogP contribution in [-0.4, -0.2) is 51.9 Å². The van der Waals surface area contributed by atoms with Crippen molar-refractivity contribution in [1.29, 1.82) is 0 Å². The molecule has 5 rings (SSSR count). The van der Waals surface area contributed by atoms with Crippen LogP contribution in [0.3, 0.4) is 0 Å². The molecule has 1 amide bonds. The van der Waals surface area contributed by atoms with Crippen LogP contribution in [0.2, 0.25) is 0 Å². The van der Waals surface area contributed by atoms with Crippen molar-refractivity contribution < 1.29 is 33.0 Å². The van der Waals surface area contributed by atoms with Crippen LogP contribution in [0, 0.1) is 0 Å². The van der Waals surface area contributed by atoms with Gasteiger partial charge < -0.3 is 19.5 Å². The highest BCUT2D eigenvalue weighted by atomic mass is 19.1. The molecule has 10 nitrogen and oxygen atoms in total. The van der Waals surface area contributed by atoms with Crippen molar-refractivity contribution in [2.24, 2.45) is 0 Å². The summed E-state index contributed by atoms with van der Waals surface area (Å²) in [7, 11) is 0. The number of hydrogen-bond acceptors (Lipinski definition) is 8. The van der Waals surface area contributed by atoms with E-state index in [-0.39, 0.29) is 16.9 Å². The van der Waals surface area contributed by atoms with Crippen LogP contribution in [-0.2, 0) is 14.2 Å². The molecule has 11 heteroatoms. The minimum atomic E-state index is -2.46. The Balaban J connectivity index is 1.39. The number of aromatic nitrogens is 2. The average molecular weight is 572 g/mol. The van der Waals surface area contributed by atoms with Crippen LogP contribution in [0.5, 0.6) is 0 Å². The molecule has 1 saturated heterocycles. The molecule has 2 heterocycles. The molecule has 0 bridgehead atoms. The number of halogens is 1. The third-order valence-electron chi connectivity index (χ3n) is 6.67. The van der Waals surface area contributed by atoms with Gasteiger partial charge in [0.05, 0.1) is 11.1 Å². The Morgan fingerprint density at radius 1 is 0.881 bits per heavy atom. The van der Waals surface area contributed by atoms with E-state index in [9.17, 15) is 19.2 Å². The minimum Gasteiger partial charge on any atom is -0.459 e. The largest absolute Gasteiger partial charge is 0.459 e. The molecule has 1 N–H and O–H groups in total. The van der Waals surface area contributed by atoms with Gasteiger partial charge in [0.25, 0.3) is 5.91 Å². The molecule has 0 radical (unpaired) electrons. The van der Waals surface area contributed by atoms with E-state index in [0.717, 1.165) is 11.5 Å². The first-order valence-electron chi connectivity index (χ1n) is 13.0. The summed E-state index contributed by atoms with van der Waals surface area (Å²) in [5, 5.41) is 2.52. The number of alkyl halides is 1. The lowest BCUT2D eigenvalue weighted by atomic mass is 9.98. The Hall–Kier alpha value is -5.16. The maximum absolute atomic E-state index is 16.5. The first-order chi connectivity index (χ1) is 20.2. The fraction of sp³-hybridized carbons (Fsp3) is 0.194. The maximum Gasteiger partial charge on any atom is 0.351 e. The van der Waals surface area contributed by atoms with E-state index in [1.165, 1.54) is 24.4 Å². The van der Waals surface area contributed by atoms with Crippen molar-refractivity contribution >= 4 is 23.7 Å². The van der Waals surface area contributed by atoms with Gasteiger partial charge in [0, 0.05) is 11.8 Å². The van der Waals surface area contributed by atoms with Crippen molar-refractivity contribution in [3.63, 3.8) is 0 Å². The topological polar surface area (TPSA) is 126 Å². The number of rotatable bonds is 8. The normalized spacial score (nSPS) is 21.3. The molecule has 1 fully saturated rings. The molecule has 1 aliphatic rings. The summed E-state index contributed by atoms with van der Waals surface area (Å²) in [6.07, 6.45) is -3.23. The molecule has 4 atom stereocenters. The van der Waals surface area contributed by atoms with Crippen LogP contribution in [0.1, 0.15) is 44.2 Å². The Kier molecular flexibility index (Phi) is 8.21. The van der Waals surface area contributed by atoms with Crippen molar-refractivity contribution in [2.45, 2.75) is 31.0 Å². The van der Waals surface area contributed by atoms with E-state index in [1.807, 2.05) is 0 Å². The van der Waals surface area contributed by atoms with Gasteiger partial charge >= 0.3 is 17.6 Å². The number of hydrogen-bond donors (Lipinski definition) is 1. The van der Waals surface area contributed by atoms with E-state index >= 15 is 4.39 Å². The van der Waals surface area contributed by atoms with E-state index in [0.29, 0.717) is 5.56 Å². The van der Waals surface area contributed by atoms with Crippen LogP contribution in [0.25, 0.3) is 0 Å². The summed E-state index contributed by atoms with van der Waals surface area (Å²) >= 11 is 0. The molecule has 0 spiro atoms. The zero-order valence-corrected chi connectivity index (χ0v) is 22.4. The Labute approximate surface area is 239 Å². The second-order valence-electron chi connectivity index (χ2n) is 9.66. The van der Waals surface area contributed by atoms with Crippen LogP contribution < -0.4 is 11.0 Å². The molecular formula is C31H26FN3O7. The smallest absolute Gasteiger partial charge is 0.351 e. The lowest BCUT2D eigenvalue weighted by Crippen LogP contribution is -2.45. The number of benzene rings is 3. The molecule has 42 heavy (non-hydrogen) atoms. The summed E-state index contributed by atoms with van der Waals surface area (Å²) in [5.74, 6) is -2.05. The quantitative estimate of drug-likeness (QED) is 0.312. The van der Waals surface area contributed by atoms with Gasteiger partial charge in [0.15, 0.2) is 18.0 Å². The number of carbonyl (C=O) groups excluding carboxylic acids is 3. The predicted molar refractivity (Wildman–Crippen MR) is 149 cm³/mol. The van der Waals surface area contributed by atoms with Gasteiger partial charge in [-0.1, -0.05) is 54.6 Å². The standard InChI is InChI=1S/C31H26FN3O7/c1-31(32)25(42-28(38)22-15-9-4-10-16-22)23(19-40-27(37)21-13-7-3-8-14-21)41-29(31)35-18-17-24(34-30(35)39)33-26(36)20-11-5-2-6-12-20/h2-18,23,25,29H,19H2,1H3,(H,33,34,36,39)/t23-,25-,29?,31+/m1/s1. The van der Waals surface area contributed by atoms with Crippen molar-refractivity contribution in [3.05, 3.63) is 130 Å². The van der Waals surface area contributed by atoms with Crippen molar-refractivity contribution in [3.8, 4) is 0 Å². The number of anilines is 1. The van der Waals surface area contributed by atoms with E-state index in [2.05, 4.69) is 10.3 Å². The number of amides is 1. The van der Waals surface area contributed by atoms with E-state index in [1.54, 1.807) is 78.9 Å². The SMILES string of the molecule is C[C@@]1(F)C(n2ccc(NC(=O)c3ccccc3)nc2=O)O[C@H](COC(=O)c2ccccc2)[C@H]1OC(=O)c1ccccc1. The molecule has 1 unspecified atom stereocenters. The molecule has 1 aromatic heterocycles. The first-order valence-corrected chi connectivity index (χ1v) is 13.0. The molecule has 3 aromatic carbocycles. The summed E-state index contributed by atoms with van der Waals surface area (Å²) in [6.45, 7) is 0.654. The monoisotopic (exact) mass is 571 g/mol. The molecule has 0 saturated carbocycles. The second kappa shape index (κ2) is 12.1. The summed E-state index contributed by atoms with van der Waals surface area (Å²) in [4.78, 5) is 54.8. The fourth-order valence-electron chi connectivity index (χ4n) is 4.54. The van der Waals surface area contributed by atoms with Gasteiger partial charge in [-0.25, -0.2) is 18.8 Å². The number of esters is 2. The Bertz CT molecular complexity index is 1630. The highest BCUT2D eigenvalue weighted by Gasteiger charge is 2.58. The Morgan fingerprint density at radius 2 is 1.43 bits per heavy atom. The average Bonchev–Trinajstić information content (AvgIpc) is 3.25. The third kappa shape index (κ3) is 6.11. The Morgan fingerprint density at radius 3 is 2.00 bits per heavy atom. The summed E-state index contributed by atoms with van der Waals surface area (Å²) in [6, 6.07) is 25.8. The summed E-state index contributed by atoms with van der Waals surface area (Å²) in [5.41, 5.74) is -2.59. The van der Waals surface area contributed by atoms with Crippen molar-refractivity contribution in [2.75, 3.05) is 11.9 Å². The first kappa shape index (κ1) is 28.4. The number of ether oxygens (including phenoxy) is 3. The van der Waals surface area contributed by atoms with Gasteiger partial charge in [0.1, 0.15) is 18.5 Å². The van der Waals surface area contributed by atoms with E-state index < -0.39 is 54.2 Å². The molecule has 0 aliphatic carbocycles. The molecule has 214 valence electrons. The number of carbonyl (C=O) groups is 3. The van der Waals surface area contributed by atoms with Crippen molar-refractivity contribution in [1.82, 2.24) is 9.55 Å². The van der Waals surface area contributed by atoms with Gasteiger partial charge in [0.2, 0.25) is 0 Å². The number of nitrogens with zero attached hydrogens (tertiary/aromatic N) is 2. The van der Waals surface area contributed by atoms with Crippen LogP contribution in [0.4, 0.5) is 10.2 Å². The van der Waals surface area contributed by atoms with Gasteiger partial charge in [-0.15, -0.1) is 0 Å². The molecular weight excluding hydrogens is 545 g/mol. The zero-order valence-electron chi connectivity index (χ0n) is 22.4. The fourth-order valence-corrected chi connectivity index (χ4v) is 4.54. The predicted octanol–water partition coefficient (Wildman–Crippen LogP) is 4.20. The van der Waals surface area contributed by atoms with Gasteiger partial charge in [-0.2, -0.15) is 4.98 Å². The van der Waals surface area contributed by atoms with E-state index in [4.69, 9.17) is 14.2 Å².